The van der Waals surface area contributed by atoms with Gasteiger partial charge in [-0.25, -0.2) is 0 Å². The molecule has 0 bridgehead atoms. The van der Waals surface area contributed by atoms with E-state index in [0.717, 1.165) is 8.95 Å². The molecule has 0 saturated carbocycles. The number of aliphatic carboxylic acids is 1. The van der Waals surface area contributed by atoms with Crippen molar-refractivity contribution in [3.63, 3.8) is 0 Å². The van der Waals surface area contributed by atoms with Crippen LogP contribution in [-0.2, 0) is 4.79 Å². The van der Waals surface area contributed by atoms with E-state index in [4.69, 9.17) is 5.11 Å². The van der Waals surface area contributed by atoms with E-state index in [-0.39, 0.29) is 31.0 Å². The minimum Gasteiger partial charge on any atom is -0.481 e. The number of carbonyl (C=O) groups excluding carboxylic acids is 3. The SMILES string of the molecule is O=C(O)CCNC(=O)c1ccc(C(CC(=O)c2ccc(Br)cc2)C(=O)c2cccc(Br)c2)cc1. The lowest BCUT2D eigenvalue weighted by Gasteiger charge is -2.17. The third-order valence-electron chi connectivity index (χ3n) is 5.18. The molecule has 2 N–H and O–H groups in total. The molecule has 0 heterocycles. The molecular formula is C26H21Br2NO5. The predicted octanol–water partition coefficient (Wildman–Crippen LogP) is 5.66. The van der Waals surface area contributed by atoms with Crippen molar-refractivity contribution in [3.8, 4) is 0 Å². The average Bonchev–Trinajstić information content (AvgIpc) is 2.82. The molecule has 0 aliphatic carbocycles. The number of carboxylic acids is 1. The third-order valence-corrected chi connectivity index (χ3v) is 6.20. The van der Waals surface area contributed by atoms with Crippen molar-refractivity contribution >= 4 is 55.3 Å². The van der Waals surface area contributed by atoms with E-state index in [1.54, 1.807) is 66.7 Å². The number of halogens is 2. The lowest BCUT2D eigenvalue weighted by Crippen LogP contribution is -2.26. The van der Waals surface area contributed by atoms with Crippen LogP contribution in [0.3, 0.4) is 0 Å². The fourth-order valence-electron chi connectivity index (χ4n) is 3.40. The van der Waals surface area contributed by atoms with Gasteiger partial charge in [0.2, 0.25) is 0 Å². The number of ketones is 2. The molecule has 0 fully saturated rings. The first-order valence-corrected chi connectivity index (χ1v) is 12.0. The van der Waals surface area contributed by atoms with Gasteiger partial charge < -0.3 is 10.4 Å². The van der Waals surface area contributed by atoms with Crippen LogP contribution in [0.4, 0.5) is 0 Å². The molecule has 1 atom stereocenters. The van der Waals surface area contributed by atoms with E-state index in [9.17, 15) is 19.2 Å². The van der Waals surface area contributed by atoms with Gasteiger partial charge in [-0.05, 0) is 42.0 Å². The van der Waals surface area contributed by atoms with Crippen molar-refractivity contribution < 1.29 is 24.3 Å². The molecule has 6 nitrogen and oxygen atoms in total. The van der Waals surface area contributed by atoms with Gasteiger partial charge in [-0.1, -0.05) is 68.3 Å². The minimum absolute atomic E-state index is 0.0155. The second kappa shape index (κ2) is 11.9. The lowest BCUT2D eigenvalue weighted by atomic mass is 9.85. The molecule has 0 saturated heterocycles. The van der Waals surface area contributed by atoms with Gasteiger partial charge >= 0.3 is 5.97 Å². The van der Waals surface area contributed by atoms with Gasteiger partial charge in [0, 0.05) is 38.6 Å². The van der Waals surface area contributed by atoms with Crippen LogP contribution in [0, 0.1) is 0 Å². The smallest absolute Gasteiger partial charge is 0.305 e. The maximum atomic E-state index is 13.4. The first-order valence-electron chi connectivity index (χ1n) is 10.4. The fraction of sp³-hybridized carbons (Fsp3) is 0.154. The van der Waals surface area contributed by atoms with Crippen molar-refractivity contribution in [3.05, 3.63) is 104 Å². The summed E-state index contributed by atoms with van der Waals surface area (Å²) in [5.74, 6) is -2.52. The highest BCUT2D eigenvalue weighted by Crippen LogP contribution is 2.28. The Hall–Kier alpha value is -3.10. The van der Waals surface area contributed by atoms with Crippen molar-refractivity contribution in [2.24, 2.45) is 0 Å². The first-order chi connectivity index (χ1) is 16.2. The summed E-state index contributed by atoms with van der Waals surface area (Å²) in [6.45, 7) is 0.0155. The number of carbonyl (C=O) groups is 4. The maximum absolute atomic E-state index is 13.4. The Labute approximate surface area is 213 Å². The lowest BCUT2D eigenvalue weighted by molar-refractivity contribution is -0.136. The fourth-order valence-corrected chi connectivity index (χ4v) is 4.06. The summed E-state index contributed by atoms with van der Waals surface area (Å²) in [6.07, 6.45) is -0.206. The van der Waals surface area contributed by atoms with Gasteiger partial charge in [-0.2, -0.15) is 0 Å². The number of nitrogens with one attached hydrogen (secondary N) is 1. The second-order valence-electron chi connectivity index (χ2n) is 7.58. The van der Waals surface area contributed by atoms with Gasteiger partial charge in [0.15, 0.2) is 11.6 Å². The normalized spacial score (nSPS) is 11.5. The average molecular weight is 587 g/mol. The van der Waals surface area contributed by atoms with E-state index in [1.165, 1.54) is 0 Å². The maximum Gasteiger partial charge on any atom is 0.305 e. The summed E-state index contributed by atoms with van der Waals surface area (Å²) < 4.78 is 1.60. The zero-order chi connectivity index (χ0) is 24.7. The second-order valence-corrected chi connectivity index (χ2v) is 9.41. The van der Waals surface area contributed by atoms with Crippen molar-refractivity contribution in [2.75, 3.05) is 6.54 Å². The van der Waals surface area contributed by atoms with Gasteiger partial charge in [-0.15, -0.1) is 0 Å². The highest BCUT2D eigenvalue weighted by atomic mass is 79.9. The van der Waals surface area contributed by atoms with Crippen LogP contribution in [0.1, 0.15) is 55.4 Å². The van der Waals surface area contributed by atoms with Crippen LogP contribution in [0.25, 0.3) is 0 Å². The Bertz CT molecular complexity index is 1210. The molecule has 0 aromatic heterocycles. The Kier molecular flexibility index (Phi) is 8.90. The number of hydrogen-bond acceptors (Lipinski definition) is 4. The topological polar surface area (TPSA) is 101 Å². The van der Waals surface area contributed by atoms with Crippen molar-refractivity contribution in [1.29, 1.82) is 0 Å². The van der Waals surface area contributed by atoms with Crippen LogP contribution in [-0.4, -0.2) is 35.1 Å². The van der Waals surface area contributed by atoms with Crippen molar-refractivity contribution in [2.45, 2.75) is 18.8 Å². The van der Waals surface area contributed by atoms with E-state index < -0.39 is 17.8 Å². The van der Waals surface area contributed by atoms with Crippen LogP contribution < -0.4 is 5.32 Å². The molecule has 1 unspecified atom stereocenters. The Balaban J connectivity index is 1.86. The number of rotatable bonds is 10. The van der Waals surface area contributed by atoms with E-state index in [0.29, 0.717) is 22.3 Å². The minimum atomic E-state index is -1.00. The Morgan fingerprint density at radius 1 is 0.794 bits per heavy atom. The molecule has 1 amide bonds. The van der Waals surface area contributed by atoms with Crippen LogP contribution >= 0.6 is 31.9 Å². The van der Waals surface area contributed by atoms with Crippen LogP contribution in [0.15, 0.2) is 81.7 Å². The molecular weight excluding hydrogens is 566 g/mol. The number of Topliss-reactive ketones (excluding diaryl/α,β-unsaturated/α-hetero) is 2. The van der Waals surface area contributed by atoms with Crippen molar-refractivity contribution in [1.82, 2.24) is 5.32 Å². The zero-order valence-corrected chi connectivity index (χ0v) is 21.1. The largest absolute Gasteiger partial charge is 0.481 e. The third kappa shape index (κ3) is 6.95. The van der Waals surface area contributed by atoms with Gasteiger partial charge in [0.25, 0.3) is 5.91 Å². The Morgan fingerprint density at radius 3 is 2.06 bits per heavy atom. The zero-order valence-electron chi connectivity index (χ0n) is 18.0. The van der Waals surface area contributed by atoms with E-state index in [1.807, 2.05) is 6.07 Å². The molecule has 8 heteroatoms. The molecule has 174 valence electrons. The highest BCUT2D eigenvalue weighted by molar-refractivity contribution is 9.10. The van der Waals surface area contributed by atoms with Gasteiger partial charge in [0.1, 0.15) is 0 Å². The van der Waals surface area contributed by atoms with Crippen LogP contribution in [0.5, 0.6) is 0 Å². The number of benzene rings is 3. The van der Waals surface area contributed by atoms with E-state index in [2.05, 4.69) is 37.2 Å². The predicted molar refractivity (Wildman–Crippen MR) is 135 cm³/mol. The summed E-state index contributed by atoms with van der Waals surface area (Å²) in [5.41, 5.74) is 1.92. The van der Waals surface area contributed by atoms with Gasteiger partial charge in [0.05, 0.1) is 12.3 Å². The first kappa shape index (κ1) is 25.5. The molecule has 34 heavy (non-hydrogen) atoms. The standard InChI is InChI=1S/C26H21Br2NO5/c27-20-10-8-17(9-11-20)23(30)15-22(25(33)19-2-1-3-21(28)14-19)16-4-6-18(7-5-16)26(34)29-13-12-24(31)32/h1-11,14,22H,12-13,15H2,(H,29,34)(H,31,32). The van der Waals surface area contributed by atoms with E-state index >= 15 is 0 Å². The highest BCUT2D eigenvalue weighted by Gasteiger charge is 2.26. The van der Waals surface area contributed by atoms with Crippen LogP contribution in [0.2, 0.25) is 0 Å². The molecule has 0 aliphatic rings. The molecule has 3 aromatic carbocycles. The Morgan fingerprint density at radius 2 is 1.44 bits per heavy atom. The summed E-state index contributed by atoms with van der Waals surface area (Å²) >= 11 is 6.73. The molecule has 0 radical (unpaired) electrons. The molecule has 0 spiro atoms. The van der Waals surface area contributed by atoms with Gasteiger partial charge in [-0.3, -0.25) is 19.2 Å². The molecule has 3 rings (SSSR count). The number of carboxylic acid groups (broad SMARTS) is 1. The molecule has 3 aromatic rings. The monoisotopic (exact) mass is 585 g/mol. The number of amides is 1. The summed E-state index contributed by atoms with van der Waals surface area (Å²) in [5, 5.41) is 11.3. The summed E-state index contributed by atoms with van der Waals surface area (Å²) in [7, 11) is 0. The number of hydrogen-bond donors (Lipinski definition) is 2. The summed E-state index contributed by atoms with van der Waals surface area (Å²) in [6, 6.07) is 20.4. The molecule has 0 aliphatic heterocycles. The quantitative estimate of drug-likeness (QED) is 0.299. The summed E-state index contributed by atoms with van der Waals surface area (Å²) in [4.78, 5) is 49.3.